The molecule has 0 saturated carbocycles. The highest BCUT2D eigenvalue weighted by Gasteiger charge is 2.03. The van der Waals surface area contributed by atoms with Crippen LogP contribution in [-0.4, -0.2) is 6.04 Å². The van der Waals surface area contributed by atoms with E-state index in [4.69, 9.17) is 11.5 Å². The Bertz CT molecular complexity index is 135. The van der Waals surface area contributed by atoms with E-state index in [2.05, 4.69) is 0 Å². The highest BCUT2D eigenvalue weighted by atomic mass is 14.7. The molecule has 0 radical (unpaired) electrons. The Kier molecular flexibility index (Phi) is 1.35. The van der Waals surface area contributed by atoms with Crippen LogP contribution >= 0.6 is 0 Å². The molecule has 0 aromatic rings. The maximum Gasteiger partial charge on any atom is 0.0477 e. The first-order chi connectivity index (χ1) is 3.80. The summed E-state index contributed by atoms with van der Waals surface area (Å²) in [6, 6.07) is 0.0556. The van der Waals surface area contributed by atoms with Crippen molar-refractivity contribution in [1.82, 2.24) is 0 Å². The molecule has 0 heterocycles. The van der Waals surface area contributed by atoms with Crippen LogP contribution in [0.1, 0.15) is 6.42 Å². The van der Waals surface area contributed by atoms with Crippen molar-refractivity contribution in [2.45, 2.75) is 12.5 Å². The van der Waals surface area contributed by atoms with Gasteiger partial charge in [0.15, 0.2) is 0 Å². The van der Waals surface area contributed by atoms with Crippen molar-refractivity contribution in [3.63, 3.8) is 0 Å². The normalized spacial score (nSPS) is 27.6. The highest BCUT2D eigenvalue weighted by molar-refractivity contribution is 5.20. The zero-order valence-corrected chi connectivity index (χ0v) is 4.67. The zero-order valence-electron chi connectivity index (χ0n) is 4.67. The first-order valence-corrected chi connectivity index (χ1v) is 2.68. The molecule has 1 aliphatic carbocycles. The highest BCUT2D eigenvalue weighted by Crippen LogP contribution is 2.03. The lowest BCUT2D eigenvalue weighted by atomic mass is 10.1. The SMILES string of the molecule is NC1=CC=CC[C@H]1N. The van der Waals surface area contributed by atoms with E-state index in [1.54, 1.807) is 0 Å². The first kappa shape index (κ1) is 5.38. The van der Waals surface area contributed by atoms with Crippen LogP contribution in [0.2, 0.25) is 0 Å². The smallest absolute Gasteiger partial charge is 0.0477 e. The molecule has 44 valence electrons. The second kappa shape index (κ2) is 2.01. The molecule has 0 unspecified atom stereocenters. The minimum atomic E-state index is 0.0556. The van der Waals surface area contributed by atoms with Crippen LogP contribution in [-0.2, 0) is 0 Å². The molecule has 0 fully saturated rings. The van der Waals surface area contributed by atoms with Gasteiger partial charge in [-0.1, -0.05) is 12.2 Å². The molecule has 0 aromatic heterocycles. The van der Waals surface area contributed by atoms with Crippen molar-refractivity contribution in [1.29, 1.82) is 0 Å². The maximum atomic E-state index is 5.53. The van der Waals surface area contributed by atoms with Gasteiger partial charge in [0.25, 0.3) is 0 Å². The van der Waals surface area contributed by atoms with E-state index in [0.29, 0.717) is 0 Å². The molecule has 4 N–H and O–H groups in total. The van der Waals surface area contributed by atoms with Gasteiger partial charge in [-0.05, 0) is 12.5 Å². The number of rotatable bonds is 0. The van der Waals surface area contributed by atoms with Gasteiger partial charge in [-0.25, -0.2) is 0 Å². The Morgan fingerprint density at radius 3 is 2.75 bits per heavy atom. The monoisotopic (exact) mass is 110 g/mol. The standard InChI is InChI=1S/C6H10N2/c7-5-3-1-2-4-6(5)8/h1-3,6H,4,7-8H2/t6-/m1/s1. The van der Waals surface area contributed by atoms with Gasteiger partial charge in [0, 0.05) is 11.7 Å². The van der Waals surface area contributed by atoms with E-state index in [9.17, 15) is 0 Å². The molecule has 1 aliphatic rings. The lowest BCUT2D eigenvalue weighted by Gasteiger charge is -2.11. The minimum absolute atomic E-state index is 0.0556. The Labute approximate surface area is 48.9 Å². The topological polar surface area (TPSA) is 52.0 Å². The van der Waals surface area contributed by atoms with Gasteiger partial charge in [-0.15, -0.1) is 0 Å². The molecule has 0 saturated heterocycles. The van der Waals surface area contributed by atoms with Crippen molar-refractivity contribution < 1.29 is 0 Å². The molecule has 0 bridgehead atoms. The van der Waals surface area contributed by atoms with Gasteiger partial charge < -0.3 is 11.5 Å². The van der Waals surface area contributed by atoms with E-state index in [1.807, 2.05) is 18.2 Å². The molecule has 0 aliphatic heterocycles. The van der Waals surface area contributed by atoms with E-state index in [0.717, 1.165) is 12.1 Å². The lowest BCUT2D eigenvalue weighted by Crippen LogP contribution is -2.27. The Balaban J connectivity index is 2.66. The summed E-state index contributed by atoms with van der Waals surface area (Å²) in [5, 5.41) is 0. The molecule has 1 atom stereocenters. The third-order valence-electron chi connectivity index (χ3n) is 1.24. The van der Waals surface area contributed by atoms with Crippen molar-refractivity contribution in [3.8, 4) is 0 Å². The molecule has 1 rings (SSSR count). The molecule has 2 heteroatoms. The van der Waals surface area contributed by atoms with Gasteiger partial charge in [0.1, 0.15) is 0 Å². The molecular formula is C6H10N2. The van der Waals surface area contributed by atoms with E-state index in [1.165, 1.54) is 0 Å². The molecule has 0 aromatic carbocycles. The molecule has 0 amide bonds. The number of hydrogen-bond donors (Lipinski definition) is 2. The van der Waals surface area contributed by atoms with Crippen molar-refractivity contribution >= 4 is 0 Å². The van der Waals surface area contributed by atoms with Crippen LogP contribution in [0.4, 0.5) is 0 Å². The van der Waals surface area contributed by atoms with Gasteiger partial charge >= 0.3 is 0 Å². The summed E-state index contributed by atoms with van der Waals surface area (Å²) in [4.78, 5) is 0. The Morgan fingerprint density at radius 2 is 2.38 bits per heavy atom. The van der Waals surface area contributed by atoms with Crippen LogP contribution in [0, 0.1) is 0 Å². The van der Waals surface area contributed by atoms with E-state index < -0.39 is 0 Å². The average molecular weight is 110 g/mol. The van der Waals surface area contributed by atoms with E-state index in [-0.39, 0.29) is 6.04 Å². The van der Waals surface area contributed by atoms with Gasteiger partial charge in [-0.2, -0.15) is 0 Å². The third-order valence-corrected chi connectivity index (χ3v) is 1.24. The average Bonchev–Trinajstić information content (AvgIpc) is 1.77. The predicted molar refractivity (Wildman–Crippen MR) is 34.0 cm³/mol. The van der Waals surface area contributed by atoms with E-state index >= 15 is 0 Å². The van der Waals surface area contributed by atoms with Gasteiger partial charge in [0.2, 0.25) is 0 Å². The van der Waals surface area contributed by atoms with Crippen molar-refractivity contribution in [2.24, 2.45) is 11.5 Å². The fourth-order valence-electron chi connectivity index (χ4n) is 0.664. The fraction of sp³-hybridized carbons (Fsp3) is 0.333. The Morgan fingerprint density at radius 1 is 1.62 bits per heavy atom. The summed E-state index contributed by atoms with van der Waals surface area (Å²) in [6.07, 6.45) is 6.66. The zero-order chi connectivity index (χ0) is 5.98. The number of hydrogen-bond acceptors (Lipinski definition) is 2. The molecule has 2 nitrogen and oxygen atoms in total. The lowest BCUT2D eigenvalue weighted by molar-refractivity contribution is 0.764. The molecular weight excluding hydrogens is 100 g/mol. The van der Waals surface area contributed by atoms with Crippen LogP contribution in [0.3, 0.4) is 0 Å². The van der Waals surface area contributed by atoms with Crippen molar-refractivity contribution in [2.75, 3.05) is 0 Å². The first-order valence-electron chi connectivity index (χ1n) is 2.68. The van der Waals surface area contributed by atoms with Crippen LogP contribution < -0.4 is 11.5 Å². The van der Waals surface area contributed by atoms with Crippen LogP contribution in [0.25, 0.3) is 0 Å². The molecule has 0 spiro atoms. The quantitative estimate of drug-likeness (QED) is 0.465. The second-order valence-electron chi connectivity index (χ2n) is 1.94. The summed E-state index contributed by atoms with van der Waals surface area (Å²) in [5.74, 6) is 0. The van der Waals surface area contributed by atoms with Crippen LogP contribution in [0.15, 0.2) is 23.9 Å². The maximum absolute atomic E-state index is 5.53. The minimum Gasteiger partial charge on any atom is -0.401 e. The Hall–Kier alpha value is -0.760. The molecule has 8 heavy (non-hydrogen) atoms. The number of nitrogens with two attached hydrogens (primary N) is 2. The largest absolute Gasteiger partial charge is 0.401 e. The predicted octanol–water partition coefficient (Wildman–Crippen LogP) is 0.116. The summed E-state index contributed by atoms with van der Waals surface area (Å²) in [5.41, 5.74) is 11.8. The summed E-state index contributed by atoms with van der Waals surface area (Å²) < 4.78 is 0. The van der Waals surface area contributed by atoms with Crippen molar-refractivity contribution in [3.05, 3.63) is 23.9 Å². The van der Waals surface area contributed by atoms with Crippen LogP contribution in [0.5, 0.6) is 0 Å². The summed E-state index contributed by atoms with van der Waals surface area (Å²) in [6.45, 7) is 0. The van der Waals surface area contributed by atoms with Gasteiger partial charge in [0.05, 0.1) is 0 Å². The second-order valence-corrected chi connectivity index (χ2v) is 1.94. The van der Waals surface area contributed by atoms with Gasteiger partial charge in [-0.3, -0.25) is 0 Å². The third kappa shape index (κ3) is 0.898. The summed E-state index contributed by atoms with van der Waals surface area (Å²) >= 11 is 0. The fourth-order valence-corrected chi connectivity index (χ4v) is 0.664. The summed E-state index contributed by atoms with van der Waals surface area (Å²) in [7, 11) is 0. The number of allylic oxidation sites excluding steroid dienone is 2.